The standard InChI is InChI=1S/6CN.Ca.Ru/c6*1-2;;/q;;;;;;+2;-2. The van der Waals surface area contributed by atoms with Gasteiger partial charge in [-0.1, -0.05) is 0 Å². The summed E-state index contributed by atoms with van der Waals surface area (Å²) in [6.45, 7) is 0. The normalized spacial score (nSPS) is 12.4. The smallest absolute Gasteiger partial charge is 2.00 e. The van der Waals surface area contributed by atoms with Crippen molar-refractivity contribution in [3.8, 4) is 28.0 Å². The van der Waals surface area contributed by atoms with Gasteiger partial charge in [-0.25, -0.2) is 0 Å². The molecule has 0 radical (unpaired) electrons. The molecule has 0 saturated heterocycles. The van der Waals surface area contributed by atoms with E-state index in [1.165, 1.54) is 0 Å². The third-order valence-corrected chi connectivity index (χ3v) is 7.02. The van der Waals surface area contributed by atoms with Gasteiger partial charge in [0.2, 0.25) is 0 Å². The number of rotatable bonds is 0. The van der Waals surface area contributed by atoms with Crippen LogP contribution in [0.3, 0.4) is 0 Å². The fraction of sp³-hybridized carbons (Fsp3) is 0. The van der Waals surface area contributed by atoms with E-state index < -0.39 is 12.4 Å². The summed E-state index contributed by atoms with van der Waals surface area (Å²) in [5.74, 6) is 0. The molecule has 0 unspecified atom stereocenters. The average Bonchev–Trinajstić information content (AvgIpc) is 2.26. The summed E-state index contributed by atoms with van der Waals surface area (Å²) in [5.41, 5.74) is 0. The van der Waals surface area contributed by atoms with E-state index in [1.807, 2.05) is 0 Å². The first-order valence-electron chi connectivity index (χ1n) is 2.40. The minimum atomic E-state index is -6.55. The molecule has 64 valence electrons. The van der Waals surface area contributed by atoms with Gasteiger partial charge >= 0.3 is 110 Å². The van der Waals surface area contributed by atoms with Gasteiger partial charge in [0.15, 0.2) is 0 Å². The van der Waals surface area contributed by atoms with E-state index >= 15 is 0 Å². The Morgan fingerprint density at radius 3 is 0.643 bits per heavy atom. The van der Waals surface area contributed by atoms with Crippen LogP contribution in [0.5, 0.6) is 0 Å². The molecule has 0 bridgehead atoms. The monoisotopic (exact) mass is 298 g/mol. The molecule has 0 aliphatic rings. The van der Waals surface area contributed by atoms with E-state index in [4.69, 9.17) is 31.6 Å². The second kappa shape index (κ2) is 3.52. The molecule has 0 spiro atoms. The van der Waals surface area contributed by atoms with Crippen LogP contribution in [-0.4, -0.2) is 37.7 Å². The molecule has 6 nitrogen and oxygen atoms in total. The minimum absolute atomic E-state index is 0. The van der Waals surface area contributed by atoms with E-state index in [2.05, 4.69) is 0 Å². The molecule has 0 aromatic heterocycles. The molecule has 0 rings (SSSR count). The summed E-state index contributed by atoms with van der Waals surface area (Å²) < 4.78 is 6.37. The zero-order chi connectivity index (χ0) is 10.7. The van der Waals surface area contributed by atoms with Crippen LogP contribution in [0.2, 0.25) is 0 Å². The van der Waals surface area contributed by atoms with E-state index in [9.17, 15) is 0 Å². The summed E-state index contributed by atoms with van der Waals surface area (Å²) in [6.07, 6.45) is 0. The molecule has 0 aliphatic carbocycles. The summed E-state index contributed by atoms with van der Waals surface area (Å²) in [6, 6.07) is 0. The van der Waals surface area contributed by atoms with Crippen molar-refractivity contribution in [1.29, 1.82) is 31.6 Å². The van der Waals surface area contributed by atoms with E-state index in [0.717, 1.165) is 28.0 Å². The van der Waals surface area contributed by atoms with Gasteiger partial charge in [-0.05, 0) is 0 Å². The SMILES string of the molecule is N#[C][Ru-2]([C]#N)([C]#N)([C]#N)([C]#N)[C]#N.[Ca+2]. The summed E-state index contributed by atoms with van der Waals surface area (Å²) in [5, 5.41) is 51.6. The zero-order valence-electron chi connectivity index (χ0n) is 6.74. The Balaban J connectivity index is 0. The minimum Gasteiger partial charge on any atom is 2.00 e. The average molecular weight is 297 g/mol. The van der Waals surface area contributed by atoms with Crippen molar-refractivity contribution in [3.05, 3.63) is 0 Å². The first-order chi connectivity index (χ1) is 5.97. The number of nitrogens with zero attached hydrogens (tertiary/aromatic N) is 6. The fourth-order valence-electron chi connectivity index (χ4n) is 0.265. The molecule has 0 N–H and O–H groups in total. The van der Waals surface area contributed by atoms with E-state index in [-0.39, 0.29) is 37.7 Å². The topological polar surface area (TPSA) is 143 Å². The molecule has 0 amide bonds. The first-order valence-corrected chi connectivity index (χ1v) is 7.62. The molecule has 0 aromatic rings. The fourth-order valence-corrected chi connectivity index (χ4v) is 1.57. The van der Waals surface area contributed by atoms with E-state index in [1.54, 1.807) is 0 Å². The Morgan fingerprint density at radius 2 is 0.643 bits per heavy atom. The Labute approximate surface area is 108 Å². The molecular weight excluding hydrogens is 297 g/mol. The van der Waals surface area contributed by atoms with Crippen LogP contribution >= 0.6 is 0 Å². The van der Waals surface area contributed by atoms with Gasteiger partial charge in [-0.2, -0.15) is 0 Å². The Morgan fingerprint density at radius 1 is 0.500 bits per heavy atom. The van der Waals surface area contributed by atoms with Crippen LogP contribution in [0.4, 0.5) is 0 Å². The Hall–Kier alpha value is -1.18. The van der Waals surface area contributed by atoms with Crippen molar-refractivity contribution < 1.29 is 12.4 Å². The van der Waals surface area contributed by atoms with Gasteiger partial charge in [0, 0.05) is 0 Å². The van der Waals surface area contributed by atoms with Crippen LogP contribution in [0.25, 0.3) is 0 Å². The van der Waals surface area contributed by atoms with Crippen LogP contribution < -0.4 is 0 Å². The first kappa shape index (κ1) is 15.3. The predicted octanol–water partition coefficient (Wildman–Crippen LogP) is -0.283. The zero-order valence-corrected chi connectivity index (χ0v) is 10.7. The molecule has 0 aromatic carbocycles. The Bertz CT molecular complexity index is 392. The van der Waals surface area contributed by atoms with Crippen molar-refractivity contribution in [2.45, 2.75) is 0 Å². The number of nitriles is 6. The maximum atomic E-state index is 8.59. The van der Waals surface area contributed by atoms with Crippen molar-refractivity contribution in [3.63, 3.8) is 0 Å². The van der Waals surface area contributed by atoms with Crippen molar-refractivity contribution >= 4 is 37.7 Å². The van der Waals surface area contributed by atoms with Gasteiger partial charge in [0.25, 0.3) is 0 Å². The third-order valence-electron chi connectivity index (χ3n) is 1.19. The molecule has 14 heavy (non-hydrogen) atoms. The van der Waals surface area contributed by atoms with E-state index in [0.29, 0.717) is 0 Å². The second-order valence-corrected chi connectivity index (χ2v) is 10.6. The molecule has 0 aliphatic heterocycles. The molecule has 0 saturated carbocycles. The van der Waals surface area contributed by atoms with Crippen LogP contribution in [-0.2, 0) is 12.4 Å². The maximum absolute atomic E-state index is 8.59. The van der Waals surface area contributed by atoms with Gasteiger partial charge in [-0.15, -0.1) is 0 Å². The predicted molar refractivity (Wildman–Crippen MR) is 39.4 cm³/mol. The molecule has 0 atom stereocenters. The van der Waals surface area contributed by atoms with Crippen LogP contribution in [0, 0.1) is 59.6 Å². The van der Waals surface area contributed by atoms with Gasteiger partial charge < -0.3 is 0 Å². The second-order valence-electron chi connectivity index (χ2n) is 1.80. The molecular formula is C6CaN6Ru. The Kier molecular flexibility index (Phi) is 3.85. The third kappa shape index (κ3) is 1.26. The molecule has 0 heterocycles. The van der Waals surface area contributed by atoms with Crippen molar-refractivity contribution in [2.75, 3.05) is 0 Å². The number of hydrogen-bond acceptors (Lipinski definition) is 6. The number of hydrogen-bond donors (Lipinski definition) is 0. The van der Waals surface area contributed by atoms with Gasteiger partial charge in [-0.3, -0.25) is 0 Å². The summed E-state index contributed by atoms with van der Waals surface area (Å²) in [4.78, 5) is 0. The quantitative estimate of drug-likeness (QED) is 0.562. The molecule has 8 heteroatoms. The van der Waals surface area contributed by atoms with Crippen molar-refractivity contribution in [1.82, 2.24) is 0 Å². The van der Waals surface area contributed by atoms with Crippen LogP contribution in [0.15, 0.2) is 0 Å². The summed E-state index contributed by atoms with van der Waals surface area (Å²) >= 11 is -6.55. The van der Waals surface area contributed by atoms with Crippen LogP contribution in [0.1, 0.15) is 0 Å². The van der Waals surface area contributed by atoms with Gasteiger partial charge in [0.1, 0.15) is 0 Å². The van der Waals surface area contributed by atoms with Gasteiger partial charge in [0.05, 0.1) is 0 Å². The maximum Gasteiger partial charge on any atom is 2.00 e. The largest absolute Gasteiger partial charge is 2.00 e. The van der Waals surface area contributed by atoms with Crippen molar-refractivity contribution in [2.24, 2.45) is 0 Å². The molecule has 0 fully saturated rings. The summed E-state index contributed by atoms with van der Waals surface area (Å²) in [7, 11) is 0.